The van der Waals surface area contributed by atoms with Crippen LogP contribution in [0.25, 0.3) is 10.9 Å². The molecule has 0 atom stereocenters. The monoisotopic (exact) mass is 342 g/mol. The molecule has 3 nitrogen and oxygen atoms in total. The smallest absolute Gasteiger partial charge is 0.142 e. The second kappa shape index (κ2) is 7.54. The molecular formula is C20H23ClN2O. The van der Waals surface area contributed by atoms with Crippen molar-refractivity contribution in [2.24, 2.45) is 0 Å². The summed E-state index contributed by atoms with van der Waals surface area (Å²) in [5, 5.41) is 4.67. The predicted octanol–water partition coefficient (Wildman–Crippen LogP) is 5.72. The molecule has 0 amide bonds. The maximum atomic E-state index is 5.72. The fraction of sp³-hybridized carbons (Fsp3) is 0.250. The van der Waals surface area contributed by atoms with Gasteiger partial charge in [-0.2, -0.15) is 0 Å². The Morgan fingerprint density at radius 2 is 1.75 bits per heavy atom. The number of para-hydroxylation sites is 2. The van der Waals surface area contributed by atoms with E-state index >= 15 is 0 Å². The molecule has 0 aliphatic heterocycles. The zero-order valence-electron chi connectivity index (χ0n) is 14.5. The molecular weight excluding hydrogens is 320 g/mol. The van der Waals surface area contributed by atoms with Gasteiger partial charge in [0, 0.05) is 16.8 Å². The summed E-state index contributed by atoms with van der Waals surface area (Å²) in [7, 11) is 0. The number of pyridine rings is 1. The van der Waals surface area contributed by atoms with Crippen LogP contribution in [-0.4, -0.2) is 11.6 Å². The second-order valence-electron chi connectivity index (χ2n) is 5.84. The van der Waals surface area contributed by atoms with Crippen LogP contribution in [0, 0.1) is 20.8 Å². The van der Waals surface area contributed by atoms with Crippen molar-refractivity contribution in [3.63, 3.8) is 0 Å². The first kappa shape index (κ1) is 18.1. The van der Waals surface area contributed by atoms with Crippen LogP contribution in [0.3, 0.4) is 0 Å². The Balaban J connectivity index is 0.00000208. The van der Waals surface area contributed by atoms with Crippen LogP contribution in [0.2, 0.25) is 0 Å². The summed E-state index contributed by atoms with van der Waals surface area (Å²) in [4.78, 5) is 4.71. The topological polar surface area (TPSA) is 34.1 Å². The van der Waals surface area contributed by atoms with Gasteiger partial charge >= 0.3 is 0 Å². The molecule has 0 aliphatic rings. The molecule has 0 bridgehead atoms. The van der Waals surface area contributed by atoms with Crippen LogP contribution in [0.1, 0.15) is 23.7 Å². The first-order valence-corrected chi connectivity index (χ1v) is 7.96. The van der Waals surface area contributed by atoms with E-state index in [4.69, 9.17) is 9.72 Å². The molecule has 3 rings (SSSR count). The van der Waals surface area contributed by atoms with Gasteiger partial charge < -0.3 is 10.1 Å². The molecule has 2 aromatic carbocycles. The number of aromatic nitrogens is 1. The highest BCUT2D eigenvalue weighted by Gasteiger charge is 2.10. The molecule has 0 saturated carbocycles. The van der Waals surface area contributed by atoms with Gasteiger partial charge in [0.15, 0.2) is 0 Å². The number of nitrogens with zero attached hydrogens (tertiary/aromatic N) is 1. The average molecular weight is 343 g/mol. The van der Waals surface area contributed by atoms with Gasteiger partial charge in [-0.05, 0) is 57.5 Å². The lowest BCUT2D eigenvalue weighted by atomic mass is 10.0. The third-order valence-corrected chi connectivity index (χ3v) is 3.83. The van der Waals surface area contributed by atoms with Crippen LogP contribution in [0.4, 0.5) is 11.4 Å². The molecule has 1 heterocycles. The largest absolute Gasteiger partial charge is 0.492 e. The molecule has 4 heteroatoms. The van der Waals surface area contributed by atoms with Crippen molar-refractivity contribution >= 4 is 34.7 Å². The average Bonchev–Trinajstić information content (AvgIpc) is 2.51. The summed E-state index contributed by atoms with van der Waals surface area (Å²) in [6, 6.07) is 14.5. The molecule has 3 aromatic rings. The summed E-state index contributed by atoms with van der Waals surface area (Å²) >= 11 is 0. The van der Waals surface area contributed by atoms with Crippen LogP contribution < -0.4 is 10.1 Å². The molecule has 0 aliphatic carbocycles. The fourth-order valence-corrected chi connectivity index (χ4v) is 2.91. The standard InChI is InChI=1S/C20H22N2O.ClH/c1-5-23-19-9-7-6-8-17(19)22-18-12-15(4)21-20-14(3)10-13(2)11-16(18)20;/h6-12H,5H2,1-4H3,(H,21,22);1H. The normalized spacial score (nSPS) is 10.3. The Kier molecular flexibility index (Phi) is 5.68. The summed E-state index contributed by atoms with van der Waals surface area (Å²) in [5.74, 6) is 0.863. The van der Waals surface area contributed by atoms with E-state index < -0.39 is 0 Å². The van der Waals surface area contributed by atoms with Crippen molar-refractivity contribution in [3.05, 3.63) is 59.3 Å². The van der Waals surface area contributed by atoms with E-state index in [1.54, 1.807) is 0 Å². The molecule has 0 saturated heterocycles. The van der Waals surface area contributed by atoms with Crippen LogP contribution in [-0.2, 0) is 0 Å². The maximum Gasteiger partial charge on any atom is 0.142 e. The van der Waals surface area contributed by atoms with E-state index in [1.807, 2.05) is 38.1 Å². The van der Waals surface area contributed by atoms with Gasteiger partial charge in [0.2, 0.25) is 0 Å². The highest BCUT2D eigenvalue weighted by molar-refractivity contribution is 5.95. The maximum absolute atomic E-state index is 5.72. The number of rotatable bonds is 4. The molecule has 0 fully saturated rings. The van der Waals surface area contributed by atoms with Gasteiger partial charge in [0.05, 0.1) is 17.8 Å². The Hall–Kier alpha value is -2.26. The summed E-state index contributed by atoms with van der Waals surface area (Å²) in [6.07, 6.45) is 0. The number of hydrogen-bond donors (Lipinski definition) is 1. The SMILES string of the molecule is CCOc1ccccc1Nc1cc(C)nc2c(C)cc(C)cc12.Cl. The van der Waals surface area contributed by atoms with E-state index in [0.29, 0.717) is 6.61 Å². The minimum absolute atomic E-state index is 0. The van der Waals surface area contributed by atoms with Gasteiger partial charge in [0.1, 0.15) is 5.75 Å². The van der Waals surface area contributed by atoms with E-state index in [0.717, 1.165) is 33.7 Å². The van der Waals surface area contributed by atoms with Gasteiger partial charge in [-0.25, -0.2) is 0 Å². The molecule has 1 aromatic heterocycles. The van der Waals surface area contributed by atoms with Crippen molar-refractivity contribution in [3.8, 4) is 5.75 Å². The van der Waals surface area contributed by atoms with Crippen molar-refractivity contribution in [2.45, 2.75) is 27.7 Å². The molecule has 24 heavy (non-hydrogen) atoms. The lowest BCUT2D eigenvalue weighted by molar-refractivity contribution is 0.342. The van der Waals surface area contributed by atoms with Gasteiger partial charge in [-0.15, -0.1) is 12.4 Å². The predicted molar refractivity (Wildman–Crippen MR) is 104 cm³/mol. The minimum atomic E-state index is 0. The van der Waals surface area contributed by atoms with Gasteiger partial charge in [0.25, 0.3) is 0 Å². The number of hydrogen-bond acceptors (Lipinski definition) is 3. The molecule has 1 N–H and O–H groups in total. The number of aryl methyl sites for hydroxylation is 3. The first-order chi connectivity index (χ1) is 11.1. The Morgan fingerprint density at radius 1 is 1.00 bits per heavy atom. The minimum Gasteiger partial charge on any atom is -0.492 e. The molecule has 0 spiro atoms. The Morgan fingerprint density at radius 3 is 2.50 bits per heavy atom. The number of nitrogens with one attached hydrogen (secondary N) is 1. The van der Waals surface area contributed by atoms with Crippen molar-refractivity contribution in [1.29, 1.82) is 0 Å². The van der Waals surface area contributed by atoms with Crippen molar-refractivity contribution in [2.75, 3.05) is 11.9 Å². The van der Waals surface area contributed by atoms with Crippen molar-refractivity contribution < 1.29 is 4.74 Å². The van der Waals surface area contributed by atoms with E-state index in [2.05, 4.69) is 37.4 Å². The van der Waals surface area contributed by atoms with Gasteiger partial charge in [-0.3, -0.25) is 4.98 Å². The fourth-order valence-electron chi connectivity index (χ4n) is 2.91. The lowest BCUT2D eigenvalue weighted by Crippen LogP contribution is -2.00. The number of fused-ring (bicyclic) bond motifs is 1. The van der Waals surface area contributed by atoms with Crippen molar-refractivity contribution in [1.82, 2.24) is 4.98 Å². The second-order valence-corrected chi connectivity index (χ2v) is 5.84. The summed E-state index contributed by atoms with van der Waals surface area (Å²) in [6.45, 7) is 8.89. The van der Waals surface area contributed by atoms with E-state index in [9.17, 15) is 0 Å². The van der Waals surface area contributed by atoms with Crippen LogP contribution >= 0.6 is 12.4 Å². The Labute approximate surface area is 149 Å². The zero-order chi connectivity index (χ0) is 16.4. The highest BCUT2D eigenvalue weighted by Crippen LogP contribution is 2.33. The number of ether oxygens (including phenoxy) is 1. The first-order valence-electron chi connectivity index (χ1n) is 7.96. The number of benzene rings is 2. The Bertz CT molecular complexity index is 862. The number of halogens is 1. The molecule has 0 radical (unpaired) electrons. The summed E-state index contributed by atoms with van der Waals surface area (Å²) < 4.78 is 5.72. The third kappa shape index (κ3) is 3.62. The molecule has 0 unspecified atom stereocenters. The highest BCUT2D eigenvalue weighted by atomic mass is 35.5. The van der Waals surface area contributed by atoms with Crippen LogP contribution in [0.5, 0.6) is 5.75 Å². The van der Waals surface area contributed by atoms with E-state index in [1.165, 1.54) is 11.1 Å². The van der Waals surface area contributed by atoms with Gasteiger partial charge in [-0.1, -0.05) is 23.8 Å². The quantitative estimate of drug-likeness (QED) is 0.658. The zero-order valence-corrected chi connectivity index (χ0v) is 15.3. The third-order valence-electron chi connectivity index (χ3n) is 3.83. The number of anilines is 2. The lowest BCUT2D eigenvalue weighted by Gasteiger charge is -2.15. The summed E-state index contributed by atoms with van der Waals surface area (Å²) in [5.41, 5.74) is 6.52. The van der Waals surface area contributed by atoms with E-state index in [-0.39, 0.29) is 12.4 Å². The van der Waals surface area contributed by atoms with Crippen LogP contribution in [0.15, 0.2) is 42.5 Å². The molecule has 126 valence electrons.